The van der Waals surface area contributed by atoms with Crippen LogP contribution in [0.5, 0.6) is 11.6 Å². The summed E-state index contributed by atoms with van der Waals surface area (Å²) in [6.07, 6.45) is 4.02. The first-order valence-electron chi connectivity index (χ1n) is 8.21. The van der Waals surface area contributed by atoms with E-state index in [1.807, 2.05) is 12.1 Å². The zero-order valence-electron chi connectivity index (χ0n) is 13.7. The molecule has 0 aliphatic carbocycles. The van der Waals surface area contributed by atoms with Gasteiger partial charge >= 0.3 is 0 Å². The molecule has 1 aliphatic heterocycles. The van der Waals surface area contributed by atoms with E-state index in [1.165, 1.54) is 12.1 Å². The fourth-order valence-corrected chi connectivity index (χ4v) is 2.70. The summed E-state index contributed by atoms with van der Waals surface area (Å²) in [5.74, 6) is 0.467. The van der Waals surface area contributed by atoms with Crippen LogP contribution in [0.3, 0.4) is 0 Å². The van der Waals surface area contributed by atoms with Gasteiger partial charge in [0.1, 0.15) is 11.6 Å². The predicted molar refractivity (Wildman–Crippen MR) is 97.1 cm³/mol. The lowest BCUT2D eigenvalue weighted by Crippen LogP contribution is -2.39. The van der Waals surface area contributed by atoms with Crippen molar-refractivity contribution < 1.29 is 13.9 Å². The Labute approximate surface area is 151 Å². The number of hydrogen-bond donors (Lipinski definition) is 2. The molecule has 5 nitrogen and oxygen atoms in total. The number of rotatable bonds is 6. The molecule has 1 aliphatic rings. The number of benzene rings is 1. The molecule has 0 amide bonds. The summed E-state index contributed by atoms with van der Waals surface area (Å²) in [6.45, 7) is 1.98. The monoisotopic (exact) mass is 361 g/mol. The molecule has 7 heteroatoms. The number of nitrogens with zero attached hydrogens (tertiary/aromatic N) is 1. The average molecular weight is 361 g/mol. The van der Waals surface area contributed by atoms with Gasteiger partial charge in [0.05, 0.1) is 6.10 Å². The Kier molecular flexibility index (Phi) is 6.14. The van der Waals surface area contributed by atoms with Gasteiger partial charge in [-0.2, -0.15) is 0 Å². The third kappa shape index (κ3) is 5.37. The number of ether oxygens (including phenoxy) is 2. The quantitative estimate of drug-likeness (QED) is 0.771. The van der Waals surface area contributed by atoms with Crippen LogP contribution in [-0.2, 0) is 11.3 Å². The SMILES string of the molecule is Fc1cccc(Oc2ncccc2CNC(=S)NC[C@@H]2CCCO2)c1. The lowest BCUT2D eigenvalue weighted by atomic mass is 10.2. The van der Waals surface area contributed by atoms with Crippen molar-refractivity contribution >= 4 is 17.3 Å². The molecule has 2 heterocycles. The van der Waals surface area contributed by atoms with Gasteiger partial charge in [-0.3, -0.25) is 0 Å². The molecule has 1 aromatic heterocycles. The molecule has 1 saturated heterocycles. The third-order valence-electron chi connectivity index (χ3n) is 3.81. The maximum atomic E-state index is 13.3. The van der Waals surface area contributed by atoms with Gasteiger partial charge in [0.25, 0.3) is 0 Å². The van der Waals surface area contributed by atoms with E-state index in [9.17, 15) is 4.39 Å². The van der Waals surface area contributed by atoms with Crippen molar-refractivity contribution in [2.75, 3.05) is 13.2 Å². The van der Waals surface area contributed by atoms with Gasteiger partial charge in [0.15, 0.2) is 5.11 Å². The number of nitrogens with one attached hydrogen (secondary N) is 2. The summed E-state index contributed by atoms with van der Waals surface area (Å²) in [4.78, 5) is 4.22. The van der Waals surface area contributed by atoms with Crippen LogP contribution in [0, 0.1) is 5.82 Å². The normalized spacial score (nSPS) is 16.4. The van der Waals surface area contributed by atoms with Crippen molar-refractivity contribution in [1.29, 1.82) is 0 Å². The maximum Gasteiger partial charge on any atom is 0.224 e. The summed E-state index contributed by atoms with van der Waals surface area (Å²) in [7, 11) is 0. The molecular weight excluding hydrogens is 341 g/mol. The van der Waals surface area contributed by atoms with Gasteiger partial charge in [0.2, 0.25) is 5.88 Å². The topological polar surface area (TPSA) is 55.4 Å². The van der Waals surface area contributed by atoms with Crippen molar-refractivity contribution in [3.63, 3.8) is 0 Å². The minimum Gasteiger partial charge on any atom is -0.439 e. The van der Waals surface area contributed by atoms with Gasteiger partial charge < -0.3 is 20.1 Å². The standard InChI is InChI=1S/C18H20FN3O2S/c19-14-5-1-6-15(10-14)24-17-13(4-2-8-20-17)11-21-18(25)22-12-16-7-3-9-23-16/h1-2,4-6,8,10,16H,3,7,9,11-12H2,(H2,21,22,25)/t16-/m0/s1. The highest BCUT2D eigenvalue weighted by atomic mass is 32.1. The van der Waals surface area contributed by atoms with Crippen molar-refractivity contribution in [2.24, 2.45) is 0 Å². The van der Waals surface area contributed by atoms with Crippen molar-refractivity contribution in [1.82, 2.24) is 15.6 Å². The molecule has 2 aromatic rings. The molecule has 1 fully saturated rings. The average Bonchev–Trinajstić information content (AvgIpc) is 3.13. The summed E-state index contributed by atoms with van der Waals surface area (Å²) in [6, 6.07) is 9.67. The lowest BCUT2D eigenvalue weighted by Gasteiger charge is -2.15. The van der Waals surface area contributed by atoms with Crippen molar-refractivity contribution in [3.05, 3.63) is 54.0 Å². The number of pyridine rings is 1. The van der Waals surface area contributed by atoms with Crippen LogP contribution in [0.25, 0.3) is 0 Å². The second-order valence-corrected chi connectivity index (χ2v) is 6.13. The van der Waals surface area contributed by atoms with Gasteiger partial charge in [-0.1, -0.05) is 12.1 Å². The number of thiocarbonyl (C=S) groups is 1. The Morgan fingerprint density at radius 1 is 1.32 bits per heavy atom. The van der Waals surface area contributed by atoms with Crippen LogP contribution >= 0.6 is 12.2 Å². The third-order valence-corrected chi connectivity index (χ3v) is 4.10. The molecule has 0 spiro atoms. The van der Waals surface area contributed by atoms with E-state index in [4.69, 9.17) is 21.7 Å². The first kappa shape index (κ1) is 17.6. The molecule has 132 valence electrons. The first-order chi connectivity index (χ1) is 12.2. The largest absolute Gasteiger partial charge is 0.439 e. The Hall–Kier alpha value is -2.25. The summed E-state index contributed by atoms with van der Waals surface area (Å²) in [5.41, 5.74) is 0.827. The molecule has 0 radical (unpaired) electrons. The van der Waals surface area contributed by atoms with Crippen LogP contribution in [-0.4, -0.2) is 29.4 Å². The van der Waals surface area contributed by atoms with Crippen LogP contribution < -0.4 is 15.4 Å². The minimum absolute atomic E-state index is 0.227. The van der Waals surface area contributed by atoms with E-state index in [1.54, 1.807) is 18.3 Å². The van der Waals surface area contributed by atoms with Gasteiger partial charge in [-0.25, -0.2) is 9.37 Å². The maximum absolute atomic E-state index is 13.3. The molecule has 25 heavy (non-hydrogen) atoms. The summed E-state index contributed by atoms with van der Waals surface area (Å²) < 4.78 is 24.5. The highest BCUT2D eigenvalue weighted by Crippen LogP contribution is 2.23. The van der Waals surface area contributed by atoms with E-state index >= 15 is 0 Å². The van der Waals surface area contributed by atoms with Crippen LogP contribution in [0.2, 0.25) is 0 Å². The van der Waals surface area contributed by atoms with Gasteiger partial charge in [-0.15, -0.1) is 0 Å². The second-order valence-electron chi connectivity index (χ2n) is 5.73. The van der Waals surface area contributed by atoms with Crippen molar-refractivity contribution in [2.45, 2.75) is 25.5 Å². The zero-order valence-corrected chi connectivity index (χ0v) is 14.5. The molecular formula is C18H20FN3O2S. The highest BCUT2D eigenvalue weighted by Gasteiger charge is 2.15. The molecule has 0 unspecified atom stereocenters. The fourth-order valence-electron chi connectivity index (χ4n) is 2.54. The molecule has 1 aromatic carbocycles. The van der Waals surface area contributed by atoms with Gasteiger partial charge in [0, 0.05) is 37.5 Å². The van der Waals surface area contributed by atoms with E-state index in [0.29, 0.717) is 29.8 Å². The van der Waals surface area contributed by atoms with E-state index in [2.05, 4.69) is 15.6 Å². The first-order valence-corrected chi connectivity index (χ1v) is 8.62. The molecule has 0 saturated carbocycles. The van der Waals surface area contributed by atoms with E-state index in [-0.39, 0.29) is 11.9 Å². The Balaban J connectivity index is 1.54. The fraction of sp³-hybridized carbons (Fsp3) is 0.333. The summed E-state index contributed by atoms with van der Waals surface area (Å²) in [5, 5.41) is 6.84. The number of halogens is 1. The smallest absolute Gasteiger partial charge is 0.224 e. The molecule has 2 N–H and O–H groups in total. The Morgan fingerprint density at radius 3 is 3.04 bits per heavy atom. The highest BCUT2D eigenvalue weighted by molar-refractivity contribution is 7.80. The van der Waals surface area contributed by atoms with Gasteiger partial charge in [-0.05, 0) is 43.3 Å². The van der Waals surface area contributed by atoms with Crippen LogP contribution in [0.4, 0.5) is 4.39 Å². The van der Waals surface area contributed by atoms with E-state index in [0.717, 1.165) is 25.0 Å². The molecule has 0 bridgehead atoms. The summed E-state index contributed by atoms with van der Waals surface area (Å²) >= 11 is 5.29. The second kappa shape index (κ2) is 8.73. The Bertz CT molecular complexity index is 723. The minimum atomic E-state index is -0.354. The predicted octanol–water partition coefficient (Wildman–Crippen LogP) is 3.16. The van der Waals surface area contributed by atoms with Crippen molar-refractivity contribution in [3.8, 4) is 11.6 Å². The Morgan fingerprint density at radius 2 is 2.24 bits per heavy atom. The lowest BCUT2D eigenvalue weighted by molar-refractivity contribution is 0.114. The van der Waals surface area contributed by atoms with Crippen LogP contribution in [0.15, 0.2) is 42.6 Å². The van der Waals surface area contributed by atoms with E-state index < -0.39 is 0 Å². The molecule has 1 atom stereocenters. The molecule has 3 rings (SSSR count). The number of aromatic nitrogens is 1. The number of hydrogen-bond acceptors (Lipinski definition) is 4. The zero-order chi connectivity index (χ0) is 17.5. The van der Waals surface area contributed by atoms with Crippen LogP contribution in [0.1, 0.15) is 18.4 Å².